The summed E-state index contributed by atoms with van der Waals surface area (Å²) in [6.07, 6.45) is 4.49. The lowest BCUT2D eigenvalue weighted by Gasteiger charge is -2.02. The van der Waals surface area contributed by atoms with Crippen LogP contribution in [0.2, 0.25) is 0 Å². The molecule has 0 saturated carbocycles. The van der Waals surface area contributed by atoms with Crippen LogP contribution in [-0.2, 0) is 4.74 Å². The summed E-state index contributed by atoms with van der Waals surface area (Å²) in [7, 11) is 1.68. The lowest BCUT2D eigenvalue weighted by Crippen LogP contribution is -1.99. The van der Waals surface area contributed by atoms with Crippen LogP contribution in [0.3, 0.4) is 0 Å². The van der Waals surface area contributed by atoms with Crippen molar-refractivity contribution in [1.29, 1.82) is 0 Å². The Hall–Kier alpha value is -0.800. The summed E-state index contributed by atoms with van der Waals surface area (Å²) in [5.41, 5.74) is 0.815. The Morgan fingerprint density at radius 2 is 1.94 bits per heavy atom. The summed E-state index contributed by atoms with van der Waals surface area (Å²) in [6, 6.07) is 7.80. The van der Waals surface area contributed by atoms with Crippen LogP contribution in [0.15, 0.2) is 29.2 Å². The number of rotatable bonds is 7. The van der Waals surface area contributed by atoms with E-state index in [1.807, 2.05) is 30.5 Å². The molecular formula is C13H18O2S. The predicted molar refractivity (Wildman–Crippen MR) is 68.3 cm³/mol. The lowest BCUT2D eigenvalue weighted by atomic mass is 10.1. The highest BCUT2D eigenvalue weighted by molar-refractivity contribution is 7.98. The zero-order chi connectivity index (χ0) is 11.8. The molecule has 0 bridgehead atoms. The van der Waals surface area contributed by atoms with Crippen molar-refractivity contribution in [2.75, 3.05) is 20.0 Å². The number of methoxy groups -OCH3 is 1. The molecule has 0 heterocycles. The number of thioether (sulfide) groups is 1. The van der Waals surface area contributed by atoms with Crippen LogP contribution in [0, 0.1) is 0 Å². The quantitative estimate of drug-likeness (QED) is 0.414. The minimum atomic E-state index is 0.226. The molecule has 1 aromatic carbocycles. The fourth-order valence-corrected chi connectivity index (χ4v) is 1.86. The van der Waals surface area contributed by atoms with Crippen molar-refractivity contribution in [3.05, 3.63) is 29.8 Å². The topological polar surface area (TPSA) is 26.3 Å². The summed E-state index contributed by atoms with van der Waals surface area (Å²) >= 11 is 1.69. The number of carbonyl (C=O) groups is 1. The molecule has 0 aliphatic heterocycles. The molecular weight excluding hydrogens is 220 g/mol. The molecule has 0 spiro atoms. The Balaban J connectivity index is 2.40. The third kappa shape index (κ3) is 4.37. The van der Waals surface area contributed by atoms with Crippen molar-refractivity contribution in [2.45, 2.75) is 24.2 Å². The minimum Gasteiger partial charge on any atom is -0.385 e. The maximum Gasteiger partial charge on any atom is 0.162 e. The van der Waals surface area contributed by atoms with E-state index < -0.39 is 0 Å². The first-order chi connectivity index (χ1) is 7.77. The van der Waals surface area contributed by atoms with Crippen molar-refractivity contribution >= 4 is 17.5 Å². The molecule has 16 heavy (non-hydrogen) atoms. The molecule has 0 radical (unpaired) electrons. The first-order valence-corrected chi connectivity index (χ1v) is 6.66. The lowest BCUT2D eigenvalue weighted by molar-refractivity contribution is 0.0975. The van der Waals surface area contributed by atoms with Gasteiger partial charge in [0.15, 0.2) is 5.78 Å². The second-order valence-electron chi connectivity index (χ2n) is 3.60. The van der Waals surface area contributed by atoms with Gasteiger partial charge in [-0.3, -0.25) is 4.79 Å². The van der Waals surface area contributed by atoms with Crippen molar-refractivity contribution in [3.63, 3.8) is 0 Å². The van der Waals surface area contributed by atoms with Gasteiger partial charge in [-0.25, -0.2) is 0 Å². The molecule has 3 heteroatoms. The average Bonchev–Trinajstić information content (AvgIpc) is 2.34. The zero-order valence-corrected chi connectivity index (χ0v) is 10.7. The number of ketones is 1. The van der Waals surface area contributed by atoms with Gasteiger partial charge in [-0.05, 0) is 31.2 Å². The van der Waals surface area contributed by atoms with Crippen LogP contribution in [0.1, 0.15) is 29.6 Å². The van der Waals surface area contributed by atoms with E-state index in [1.54, 1.807) is 18.9 Å². The summed E-state index contributed by atoms with van der Waals surface area (Å²) in [5, 5.41) is 0. The summed E-state index contributed by atoms with van der Waals surface area (Å²) in [6.45, 7) is 0.735. The normalized spacial score (nSPS) is 10.4. The van der Waals surface area contributed by atoms with Gasteiger partial charge in [0.1, 0.15) is 0 Å². The van der Waals surface area contributed by atoms with Gasteiger partial charge in [-0.2, -0.15) is 0 Å². The molecule has 0 atom stereocenters. The standard InChI is InChI=1S/C13H18O2S/c1-15-10-4-3-5-13(14)11-6-8-12(16-2)9-7-11/h6-9H,3-5,10H2,1-2H3. The number of ether oxygens (including phenoxy) is 1. The van der Waals surface area contributed by atoms with E-state index in [0.29, 0.717) is 6.42 Å². The van der Waals surface area contributed by atoms with Gasteiger partial charge in [0.05, 0.1) is 0 Å². The van der Waals surface area contributed by atoms with E-state index in [0.717, 1.165) is 25.0 Å². The highest BCUT2D eigenvalue weighted by Crippen LogP contribution is 2.16. The molecule has 0 amide bonds. The van der Waals surface area contributed by atoms with Gasteiger partial charge >= 0.3 is 0 Å². The first kappa shape index (κ1) is 13.3. The largest absolute Gasteiger partial charge is 0.385 e. The maximum atomic E-state index is 11.8. The highest BCUT2D eigenvalue weighted by Gasteiger charge is 2.04. The zero-order valence-electron chi connectivity index (χ0n) is 9.86. The van der Waals surface area contributed by atoms with E-state index in [-0.39, 0.29) is 5.78 Å². The number of Topliss-reactive ketones (excluding diaryl/α,β-unsaturated/α-hetero) is 1. The van der Waals surface area contributed by atoms with Crippen LogP contribution in [0.5, 0.6) is 0 Å². The number of benzene rings is 1. The van der Waals surface area contributed by atoms with Crippen LogP contribution < -0.4 is 0 Å². The molecule has 0 unspecified atom stereocenters. The number of hydrogen-bond donors (Lipinski definition) is 0. The molecule has 0 aliphatic rings. The maximum absolute atomic E-state index is 11.8. The Morgan fingerprint density at radius 1 is 1.25 bits per heavy atom. The van der Waals surface area contributed by atoms with E-state index in [9.17, 15) is 4.79 Å². The van der Waals surface area contributed by atoms with Gasteiger partial charge in [-0.15, -0.1) is 11.8 Å². The third-order valence-corrected chi connectivity index (χ3v) is 3.16. The second kappa shape index (κ2) is 7.47. The van der Waals surface area contributed by atoms with Crippen molar-refractivity contribution in [1.82, 2.24) is 0 Å². The Morgan fingerprint density at radius 3 is 2.50 bits per heavy atom. The molecule has 0 N–H and O–H groups in total. The summed E-state index contributed by atoms with van der Waals surface area (Å²) in [4.78, 5) is 13.0. The predicted octanol–water partition coefficient (Wildman–Crippen LogP) is 3.41. The molecule has 0 fully saturated rings. The molecule has 1 rings (SSSR count). The number of carbonyl (C=O) groups excluding carboxylic acids is 1. The van der Waals surface area contributed by atoms with Gasteiger partial charge in [0.2, 0.25) is 0 Å². The van der Waals surface area contributed by atoms with Gasteiger partial charge in [0, 0.05) is 30.6 Å². The van der Waals surface area contributed by atoms with E-state index in [2.05, 4.69) is 0 Å². The Labute approximate surface area is 101 Å². The molecule has 88 valence electrons. The summed E-state index contributed by atoms with van der Waals surface area (Å²) < 4.78 is 4.95. The summed E-state index contributed by atoms with van der Waals surface area (Å²) in [5.74, 6) is 0.226. The molecule has 0 aliphatic carbocycles. The SMILES string of the molecule is COCCCCC(=O)c1ccc(SC)cc1. The highest BCUT2D eigenvalue weighted by atomic mass is 32.2. The first-order valence-electron chi connectivity index (χ1n) is 5.44. The van der Waals surface area contributed by atoms with Crippen molar-refractivity contribution in [2.24, 2.45) is 0 Å². The van der Waals surface area contributed by atoms with E-state index in [4.69, 9.17) is 4.74 Å². The van der Waals surface area contributed by atoms with Crippen LogP contribution >= 0.6 is 11.8 Å². The van der Waals surface area contributed by atoms with Gasteiger partial charge in [0.25, 0.3) is 0 Å². The monoisotopic (exact) mass is 238 g/mol. The van der Waals surface area contributed by atoms with E-state index in [1.165, 1.54) is 4.90 Å². The molecule has 2 nitrogen and oxygen atoms in total. The van der Waals surface area contributed by atoms with Gasteiger partial charge in [-0.1, -0.05) is 12.1 Å². The fourth-order valence-electron chi connectivity index (χ4n) is 1.45. The smallest absolute Gasteiger partial charge is 0.162 e. The fraction of sp³-hybridized carbons (Fsp3) is 0.462. The average molecular weight is 238 g/mol. The number of hydrogen-bond acceptors (Lipinski definition) is 3. The molecule has 0 saturated heterocycles. The molecule has 1 aromatic rings. The Bertz CT molecular complexity index is 319. The van der Waals surface area contributed by atoms with Crippen molar-refractivity contribution in [3.8, 4) is 0 Å². The van der Waals surface area contributed by atoms with Gasteiger partial charge < -0.3 is 4.74 Å². The minimum absolute atomic E-state index is 0.226. The molecule has 0 aromatic heterocycles. The van der Waals surface area contributed by atoms with Crippen molar-refractivity contribution < 1.29 is 9.53 Å². The van der Waals surface area contributed by atoms with Crippen LogP contribution in [0.25, 0.3) is 0 Å². The van der Waals surface area contributed by atoms with Crippen LogP contribution in [-0.4, -0.2) is 25.8 Å². The second-order valence-corrected chi connectivity index (χ2v) is 4.48. The van der Waals surface area contributed by atoms with Crippen LogP contribution in [0.4, 0.5) is 0 Å². The van der Waals surface area contributed by atoms with E-state index >= 15 is 0 Å². The number of unbranched alkanes of at least 4 members (excludes halogenated alkanes) is 1. The third-order valence-electron chi connectivity index (χ3n) is 2.41. The Kier molecular flexibility index (Phi) is 6.19.